The second kappa shape index (κ2) is 6.20. The van der Waals surface area contributed by atoms with Gasteiger partial charge in [0, 0.05) is 32.2 Å². The molecule has 20 heavy (non-hydrogen) atoms. The SMILES string of the molecule is CC(C)NCc1cccc(CN2CC3CCC(C2)O3)n1. The van der Waals surface area contributed by atoms with E-state index in [1.165, 1.54) is 18.5 Å². The number of fused-ring (bicyclic) bond motifs is 2. The number of pyridine rings is 1. The highest BCUT2D eigenvalue weighted by atomic mass is 16.5. The minimum atomic E-state index is 0.458. The molecule has 2 aliphatic rings. The van der Waals surface area contributed by atoms with E-state index in [1.807, 2.05) is 0 Å². The van der Waals surface area contributed by atoms with Gasteiger partial charge in [0.25, 0.3) is 0 Å². The number of rotatable bonds is 5. The third-order valence-electron chi connectivity index (χ3n) is 4.06. The number of nitrogens with one attached hydrogen (secondary N) is 1. The second-order valence-electron chi connectivity index (χ2n) is 6.31. The summed E-state index contributed by atoms with van der Waals surface area (Å²) in [5.41, 5.74) is 2.31. The summed E-state index contributed by atoms with van der Waals surface area (Å²) in [7, 11) is 0. The molecule has 2 atom stereocenters. The van der Waals surface area contributed by atoms with Crippen molar-refractivity contribution in [1.29, 1.82) is 0 Å². The largest absolute Gasteiger partial charge is 0.372 e. The molecule has 1 N–H and O–H groups in total. The van der Waals surface area contributed by atoms with Gasteiger partial charge in [-0.25, -0.2) is 0 Å². The number of nitrogens with zero attached hydrogens (tertiary/aromatic N) is 2. The van der Waals surface area contributed by atoms with E-state index in [0.717, 1.165) is 31.9 Å². The molecule has 110 valence electrons. The molecule has 2 fully saturated rings. The average molecular weight is 275 g/mol. The Labute approximate surface area is 121 Å². The third-order valence-corrected chi connectivity index (χ3v) is 4.06. The van der Waals surface area contributed by atoms with Gasteiger partial charge < -0.3 is 10.1 Å². The van der Waals surface area contributed by atoms with Crippen molar-refractivity contribution in [2.45, 2.75) is 58.0 Å². The fraction of sp³-hybridized carbons (Fsp3) is 0.688. The molecule has 2 unspecified atom stereocenters. The van der Waals surface area contributed by atoms with Crippen LogP contribution in [0.3, 0.4) is 0 Å². The topological polar surface area (TPSA) is 37.4 Å². The summed E-state index contributed by atoms with van der Waals surface area (Å²) < 4.78 is 5.88. The lowest BCUT2D eigenvalue weighted by Gasteiger charge is -2.31. The minimum Gasteiger partial charge on any atom is -0.372 e. The van der Waals surface area contributed by atoms with Gasteiger partial charge in [0.05, 0.1) is 23.6 Å². The molecule has 2 saturated heterocycles. The highest BCUT2D eigenvalue weighted by Crippen LogP contribution is 2.26. The maximum atomic E-state index is 5.88. The van der Waals surface area contributed by atoms with Crippen molar-refractivity contribution >= 4 is 0 Å². The predicted molar refractivity (Wildman–Crippen MR) is 79.4 cm³/mol. The first-order valence-corrected chi connectivity index (χ1v) is 7.75. The van der Waals surface area contributed by atoms with Gasteiger partial charge in [0.1, 0.15) is 0 Å². The lowest BCUT2D eigenvalue weighted by molar-refractivity contribution is -0.0414. The molecule has 0 radical (unpaired) electrons. The molecular weight excluding hydrogens is 250 g/mol. The number of morpholine rings is 1. The summed E-state index contributed by atoms with van der Waals surface area (Å²) in [6.45, 7) is 8.24. The number of likely N-dealkylation sites (tertiary alicyclic amines) is 1. The summed E-state index contributed by atoms with van der Waals surface area (Å²) in [5.74, 6) is 0. The zero-order valence-electron chi connectivity index (χ0n) is 12.5. The lowest BCUT2D eigenvalue weighted by Crippen LogP contribution is -2.42. The van der Waals surface area contributed by atoms with Crippen LogP contribution in [0.1, 0.15) is 38.1 Å². The summed E-state index contributed by atoms with van der Waals surface area (Å²) in [5, 5.41) is 3.42. The van der Waals surface area contributed by atoms with Gasteiger partial charge in [-0.2, -0.15) is 0 Å². The van der Waals surface area contributed by atoms with Gasteiger partial charge in [0.2, 0.25) is 0 Å². The van der Waals surface area contributed by atoms with E-state index < -0.39 is 0 Å². The Hall–Kier alpha value is -0.970. The van der Waals surface area contributed by atoms with E-state index in [0.29, 0.717) is 18.2 Å². The molecule has 4 nitrogen and oxygen atoms in total. The van der Waals surface area contributed by atoms with Crippen LogP contribution in [0.5, 0.6) is 0 Å². The Kier molecular flexibility index (Phi) is 4.34. The van der Waals surface area contributed by atoms with Gasteiger partial charge in [-0.05, 0) is 25.0 Å². The number of hydrogen-bond donors (Lipinski definition) is 1. The van der Waals surface area contributed by atoms with Crippen molar-refractivity contribution in [2.24, 2.45) is 0 Å². The standard InChI is InChI=1S/C16H25N3O/c1-12(2)17-8-13-4-3-5-14(18-13)9-19-10-15-6-7-16(11-19)20-15/h3-5,12,15-17H,6-11H2,1-2H3. The van der Waals surface area contributed by atoms with E-state index in [4.69, 9.17) is 9.72 Å². The van der Waals surface area contributed by atoms with Crippen LogP contribution in [0.15, 0.2) is 18.2 Å². The summed E-state index contributed by atoms with van der Waals surface area (Å²) in [6, 6.07) is 6.85. The molecule has 3 heterocycles. The highest BCUT2D eigenvalue weighted by Gasteiger charge is 2.33. The third kappa shape index (κ3) is 3.57. The Morgan fingerprint density at radius 1 is 1.25 bits per heavy atom. The first kappa shape index (κ1) is 14.0. The monoisotopic (exact) mass is 275 g/mol. The normalized spacial score (nSPS) is 26.4. The summed E-state index contributed by atoms with van der Waals surface area (Å²) in [4.78, 5) is 7.26. The molecule has 3 rings (SSSR count). The zero-order chi connectivity index (χ0) is 13.9. The van der Waals surface area contributed by atoms with Gasteiger partial charge in [-0.1, -0.05) is 19.9 Å². The number of hydrogen-bond acceptors (Lipinski definition) is 4. The van der Waals surface area contributed by atoms with Crippen molar-refractivity contribution < 1.29 is 4.74 Å². The average Bonchev–Trinajstić information content (AvgIpc) is 2.76. The van der Waals surface area contributed by atoms with Crippen LogP contribution in [0, 0.1) is 0 Å². The molecule has 0 amide bonds. The molecule has 0 aliphatic carbocycles. The zero-order valence-corrected chi connectivity index (χ0v) is 12.5. The predicted octanol–water partition coefficient (Wildman–Crippen LogP) is 1.94. The molecule has 2 aliphatic heterocycles. The lowest BCUT2D eigenvalue weighted by atomic mass is 10.2. The van der Waals surface area contributed by atoms with E-state index in [-0.39, 0.29) is 0 Å². The van der Waals surface area contributed by atoms with Gasteiger partial charge in [-0.15, -0.1) is 0 Å². The molecule has 1 aromatic heterocycles. The van der Waals surface area contributed by atoms with Crippen LogP contribution in [-0.4, -0.2) is 41.2 Å². The maximum Gasteiger partial charge on any atom is 0.0707 e. The van der Waals surface area contributed by atoms with Gasteiger partial charge in [-0.3, -0.25) is 9.88 Å². The fourth-order valence-electron chi connectivity index (χ4n) is 3.08. The Morgan fingerprint density at radius 3 is 2.65 bits per heavy atom. The molecule has 0 spiro atoms. The molecule has 4 heteroatoms. The van der Waals surface area contributed by atoms with E-state index in [2.05, 4.69) is 42.3 Å². The Balaban J connectivity index is 1.58. The van der Waals surface area contributed by atoms with Crippen molar-refractivity contribution in [3.63, 3.8) is 0 Å². The van der Waals surface area contributed by atoms with Crippen LogP contribution in [-0.2, 0) is 17.8 Å². The van der Waals surface area contributed by atoms with Crippen molar-refractivity contribution in [3.8, 4) is 0 Å². The number of aromatic nitrogens is 1. The van der Waals surface area contributed by atoms with E-state index in [1.54, 1.807) is 0 Å². The van der Waals surface area contributed by atoms with Crippen LogP contribution in [0.25, 0.3) is 0 Å². The molecule has 0 saturated carbocycles. The summed E-state index contributed by atoms with van der Waals surface area (Å²) >= 11 is 0. The van der Waals surface area contributed by atoms with Gasteiger partial charge >= 0.3 is 0 Å². The van der Waals surface area contributed by atoms with E-state index in [9.17, 15) is 0 Å². The van der Waals surface area contributed by atoms with Crippen molar-refractivity contribution in [2.75, 3.05) is 13.1 Å². The first-order chi connectivity index (χ1) is 9.69. The van der Waals surface area contributed by atoms with Crippen LogP contribution in [0.4, 0.5) is 0 Å². The Bertz CT molecular complexity index is 437. The van der Waals surface area contributed by atoms with Crippen molar-refractivity contribution in [1.82, 2.24) is 15.2 Å². The van der Waals surface area contributed by atoms with Gasteiger partial charge in [0.15, 0.2) is 0 Å². The van der Waals surface area contributed by atoms with Crippen molar-refractivity contribution in [3.05, 3.63) is 29.6 Å². The van der Waals surface area contributed by atoms with Crippen LogP contribution < -0.4 is 5.32 Å². The molecule has 1 aromatic rings. The molecule has 0 aromatic carbocycles. The second-order valence-corrected chi connectivity index (χ2v) is 6.31. The van der Waals surface area contributed by atoms with Crippen LogP contribution >= 0.6 is 0 Å². The quantitative estimate of drug-likeness (QED) is 0.891. The van der Waals surface area contributed by atoms with Crippen LogP contribution in [0.2, 0.25) is 0 Å². The highest BCUT2D eigenvalue weighted by molar-refractivity contribution is 5.11. The smallest absolute Gasteiger partial charge is 0.0707 e. The molecule has 2 bridgehead atoms. The Morgan fingerprint density at radius 2 is 1.95 bits per heavy atom. The first-order valence-electron chi connectivity index (χ1n) is 7.75. The maximum absolute atomic E-state index is 5.88. The van der Waals surface area contributed by atoms with E-state index >= 15 is 0 Å². The number of ether oxygens (including phenoxy) is 1. The minimum absolute atomic E-state index is 0.458. The summed E-state index contributed by atoms with van der Waals surface area (Å²) in [6.07, 6.45) is 3.37. The fourth-order valence-corrected chi connectivity index (χ4v) is 3.08. The molecular formula is C16H25N3O.